The van der Waals surface area contributed by atoms with Gasteiger partial charge >= 0.3 is 5.97 Å². The van der Waals surface area contributed by atoms with Gasteiger partial charge in [-0.2, -0.15) is 8.42 Å². The van der Waals surface area contributed by atoms with E-state index in [1.54, 1.807) is 9.47 Å². The van der Waals surface area contributed by atoms with Crippen LogP contribution >= 0.6 is 9.47 Å². The van der Waals surface area contributed by atoms with Crippen molar-refractivity contribution in [3.05, 3.63) is 0 Å². The van der Waals surface area contributed by atoms with Crippen molar-refractivity contribution in [2.45, 2.75) is 0 Å². The summed E-state index contributed by atoms with van der Waals surface area (Å²) in [6.45, 7) is 0. The number of carbonyl (C=O) groups is 1. The summed E-state index contributed by atoms with van der Waals surface area (Å²) in [7, 11) is -2.65. The van der Waals surface area contributed by atoms with Crippen molar-refractivity contribution in [3.8, 4) is 0 Å². The van der Waals surface area contributed by atoms with E-state index in [9.17, 15) is 13.2 Å². The molecule has 1 atom stereocenters. The molecule has 5 nitrogen and oxygen atoms in total. The fourth-order valence-corrected chi connectivity index (χ4v) is 0.753. The SMILES string of the molecule is O=C(CS(=O)(=O)O)OP. The molecule has 0 saturated carbocycles. The molecular formula is C2H5O5PS. The molecule has 9 heavy (non-hydrogen) atoms. The third-order valence-electron chi connectivity index (χ3n) is 0.432. The molecule has 0 rings (SSSR count). The van der Waals surface area contributed by atoms with E-state index < -0.39 is 21.8 Å². The second-order valence-corrected chi connectivity index (χ2v) is 2.90. The van der Waals surface area contributed by atoms with Crippen LogP contribution in [0, 0.1) is 0 Å². The highest BCUT2D eigenvalue weighted by molar-refractivity contribution is 7.86. The monoisotopic (exact) mass is 172 g/mol. The van der Waals surface area contributed by atoms with Gasteiger partial charge in [0.25, 0.3) is 10.1 Å². The molecule has 0 aliphatic heterocycles. The number of carbonyl (C=O) groups excluding carboxylic acids is 1. The lowest BCUT2D eigenvalue weighted by atomic mass is 10.8. The summed E-state index contributed by atoms with van der Waals surface area (Å²) in [5.74, 6) is -2.02. The second kappa shape index (κ2) is 3.10. The molecule has 0 fully saturated rings. The minimum absolute atomic E-state index is 1.00. The van der Waals surface area contributed by atoms with E-state index in [0.29, 0.717) is 0 Å². The third-order valence-corrected chi connectivity index (χ3v) is 1.30. The van der Waals surface area contributed by atoms with Gasteiger partial charge in [-0.25, -0.2) is 0 Å². The summed E-state index contributed by atoms with van der Waals surface area (Å²) in [6.07, 6.45) is 0. The molecule has 0 amide bonds. The van der Waals surface area contributed by atoms with E-state index in [1.165, 1.54) is 0 Å². The van der Waals surface area contributed by atoms with E-state index >= 15 is 0 Å². The van der Waals surface area contributed by atoms with Crippen molar-refractivity contribution in [3.63, 3.8) is 0 Å². The number of rotatable bonds is 2. The molecule has 0 aliphatic rings. The molecular weight excluding hydrogens is 167 g/mol. The summed E-state index contributed by atoms with van der Waals surface area (Å²) in [6, 6.07) is 0. The van der Waals surface area contributed by atoms with Crippen LogP contribution in [-0.2, 0) is 19.4 Å². The van der Waals surface area contributed by atoms with Crippen LogP contribution in [0.2, 0.25) is 0 Å². The molecule has 1 unspecified atom stereocenters. The van der Waals surface area contributed by atoms with Gasteiger partial charge in [0, 0.05) is 0 Å². The van der Waals surface area contributed by atoms with Crippen LogP contribution in [0.5, 0.6) is 0 Å². The summed E-state index contributed by atoms with van der Waals surface area (Å²) in [5.41, 5.74) is 0. The Kier molecular flexibility index (Phi) is 3.03. The second-order valence-electron chi connectivity index (χ2n) is 1.22. The highest BCUT2D eigenvalue weighted by Crippen LogP contribution is 1.90. The fraction of sp³-hybridized carbons (Fsp3) is 0.500. The van der Waals surface area contributed by atoms with Gasteiger partial charge in [-0.15, -0.1) is 0 Å². The Morgan fingerprint density at radius 2 is 2.11 bits per heavy atom. The van der Waals surface area contributed by atoms with Gasteiger partial charge in [-0.1, -0.05) is 0 Å². The first kappa shape index (κ1) is 8.81. The van der Waals surface area contributed by atoms with E-state index in [1.807, 2.05) is 0 Å². The third kappa shape index (κ3) is 5.68. The maximum atomic E-state index is 10.0. The van der Waals surface area contributed by atoms with E-state index in [2.05, 4.69) is 4.52 Å². The quantitative estimate of drug-likeness (QED) is 0.436. The van der Waals surface area contributed by atoms with Crippen LogP contribution in [0.4, 0.5) is 0 Å². The summed E-state index contributed by atoms with van der Waals surface area (Å²) in [5, 5.41) is 0. The van der Waals surface area contributed by atoms with Crippen molar-refractivity contribution in [1.82, 2.24) is 0 Å². The van der Waals surface area contributed by atoms with Gasteiger partial charge in [0.2, 0.25) is 0 Å². The van der Waals surface area contributed by atoms with Crippen molar-refractivity contribution >= 4 is 25.6 Å². The van der Waals surface area contributed by atoms with Crippen molar-refractivity contribution < 1.29 is 22.3 Å². The Hall–Kier alpha value is -0.190. The van der Waals surface area contributed by atoms with E-state index in [4.69, 9.17) is 4.55 Å². The molecule has 54 valence electrons. The van der Waals surface area contributed by atoms with Crippen LogP contribution in [0.3, 0.4) is 0 Å². The largest absolute Gasteiger partial charge is 0.451 e. The predicted molar refractivity (Wildman–Crippen MR) is 32.2 cm³/mol. The van der Waals surface area contributed by atoms with Crippen molar-refractivity contribution in [1.29, 1.82) is 0 Å². The zero-order valence-electron chi connectivity index (χ0n) is 4.27. The maximum absolute atomic E-state index is 10.0. The summed E-state index contributed by atoms with van der Waals surface area (Å²) in [4.78, 5) is 10.0. The molecule has 7 heteroatoms. The molecule has 0 aromatic carbocycles. The Morgan fingerprint density at radius 3 is 2.22 bits per heavy atom. The van der Waals surface area contributed by atoms with Crippen molar-refractivity contribution in [2.24, 2.45) is 0 Å². The Bertz CT molecular complexity index is 193. The average molecular weight is 172 g/mol. The van der Waals surface area contributed by atoms with Crippen LogP contribution < -0.4 is 0 Å². The Balaban J connectivity index is 3.91. The Morgan fingerprint density at radius 1 is 1.67 bits per heavy atom. The van der Waals surface area contributed by atoms with E-state index in [0.717, 1.165) is 0 Å². The van der Waals surface area contributed by atoms with Gasteiger partial charge < -0.3 is 4.52 Å². The molecule has 0 spiro atoms. The summed E-state index contributed by atoms with van der Waals surface area (Å²) < 4.78 is 31.5. The van der Waals surface area contributed by atoms with Gasteiger partial charge in [0.05, 0.1) is 9.47 Å². The molecule has 0 aromatic rings. The standard InChI is InChI=1S/C2H5O5PS/c3-2(7-8)1-9(4,5)6/h1,8H2,(H,4,5,6). The molecule has 0 heterocycles. The van der Waals surface area contributed by atoms with Crippen LogP contribution in [0.15, 0.2) is 0 Å². The zero-order chi connectivity index (χ0) is 7.49. The minimum Gasteiger partial charge on any atom is -0.451 e. The first-order chi connectivity index (χ1) is 3.95. The van der Waals surface area contributed by atoms with E-state index in [-0.39, 0.29) is 0 Å². The van der Waals surface area contributed by atoms with Gasteiger partial charge in [-0.05, 0) is 0 Å². The fourth-order valence-electron chi connectivity index (χ4n) is 0.183. The highest BCUT2D eigenvalue weighted by atomic mass is 32.2. The number of hydrogen-bond donors (Lipinski definition) is 1. The van der Waals surface area contributed by atoms with Crippen molar-refractivity contribution in [2.75, 3.05) is 5.75 Å². The lowest BCUT2D eigenvalue weighted by Crippen LogP contribution is -2.14. The van der Waals surface area contributed by atoms with Crippen LogP contribution in [-0.4, -0.2) is 24.7 Å². The van der Waals surface area contributed by atoms with Crippen LogP contribution in [0.1, 0.15) is 0 Å². The smallest absolute Gasteiger partial charge is 0.325 e. The lowest BCUT2D eigenvalue weighted by molar-refractivity contribution is -0.130. The molecule has 0 aromatic heterocycles. The molecule has 0 radical (unpaired) electrons. The average Bonchev–Trinajstić information content (AvgIpc) is 1.62. The minimum atomic E-state index is -4.22. The lowest BCUT2D eigenvalue weighted by Gasteiger charge is -1.92. The van der Waals surface area contributed by atoms with Gasteiger partial charge in [-0.3, -0.25) is 9.35 Å². The molecule has 0 bridgehead atoms. The first-order valence-electron chi connectivity index (χ1n) is 1.80. The molecule has 0 aliphatic carbocycles. The first-order valence-corrected chi connectivity index (χ1v) is 3.88. The predicted octanol–water partition coefficient (Wildman–Crippen LogP) is -0.792. The summed E-state index contributed by atoms with van der Waals surface area (Å²) >= 11 is 0. The van der Waals surface area contributed by atoms with Gasteiger partial charge in [0.1, 0.15) is 0 Å². The highest BCUT2D eigenvalue weighted by Gasteiger charge is 2.11. The molecule has 0 saturated heterocycles. The molecule has 1 N–H and O–H groups in total. The Labute approximate surface area is 54.4 Å². The number of hydrogen-bond acceptors (Lipinski definition) is 4. The van der Waals surface area contributed by atoms with Crippen LogP contribution in [0.25, 0.3) is 0 Å². The topological polar surface area (TPSA) is 80.7 Å². The van der Waals surface area contributed by atoms with Gasteiger partial charge in [0.15, 0.2) is 5.75 Å². The normalized spacial score (nSPS) is 10.9. The maximum Gasteiger partial charge on any atom is 0.325 e. The zero-order valence-corrected chi connectivity index (χ0v) is 6.24.